The maximum Gasteiger partial charge on any atom is 0.254 e. The van der Waals surface area contributed by atoms with Crippen LogP contribution in [0.4, 0.5) is 0 Å². The van der Waals surface area contributed by atoms with Crippen LogP contribution in [-0.2, 0) is 16.1 Å². The lowest BCUT2D eigenvalue weighted by Crippen LogP contribution is -2.45. The highest BCUT2D eigenvalue weighted by Crippen LogP contribution is 2.29. The van der Waals surface area contributed by atoms with E-state index in [2.05, 4.69) is 0 Å². The molecule has 2 heterocycles. The second-order valence-electron chi connectivity index (χ2n) is 7.97. The molecule has 2 aliphatic rings. The van der Waals surface area contributed by atoms with E-state index in [9.17, 15) is 9.59 Å². The molecule has 1 saturated carbocycles. The molecule has 0 bridgehead atoms. The van der Waals surface area contributed by atoms with E-state index in [1.54, 1.807) is 16.1 Å². The molecular formula is C23H28N2O4. The summed E-state index contributed by atoms with van der Waals surface area (Å²) in [6, 6.07) is 11.4. The molecule has 1 saturated heterocycles. The molecule has 4 rings (SSSR count). The minimum absolute atomic E-state index is 0.0513. The van der Waals surface area contributed by atoms with Gasteiger partial charge in [0.15, 0.2) is 0 Å². The lowest BCUT2D eigenvalue weighted by molar-refractivity contribution is -0.134. The highest BCUT2D eigenvalue weighted by atomic mass is 16.5. The normalized spacial score (nSPS) is 18.6. The minimum atomic E-state index is -0.0641. The fourth-order valence-corrected chi connectivity index (χ4v) is 3.85. The van der Waals surface area contributed by atoms with Crippen LogP contribution in [0.25, 0.3) is 0 Å². The second-order valence-corrected chi connectivity index (χ2v) is 7.97. The lowest BCUT2D eigenvalue weighted by Gasteiger charge is -2.29. The van der Waals surface area contributed by atoms with Crippen molar-refractivity contribution in [3.05, 3.63) is 59.5 Å². The van der Waals surface area contributed by atoms with Gasteiger partial charge in [-0.05, 0) is 56.4 Å². The SMILES string of the molecule is Cc1ccccc1C(=O)N(CC(=O)N(Cc1ccco1)C[C@H]1CCCO1)C1CC1. The first-order valence-corrected chi connectivity index (χ1v) is 10.4. The van der Waals surface area contributed by atoms with Crippen molar-refractivity contribution in [2.24, 2.45) is 0 Å². The second kappa shape index (κ2) is 8.82. The fourth-order valence-electron chi connectivity index (χ4n) is 3.85. The van der Waals surface area contributed by atoms with Gasteiger partial charge in [-0.2, -0.15) is 0 Å². The van der Waals surface area contributed by atoms with Gasteiger partial charge >= 0.3 is 0 Å². The first-order valence-electron chi connectivity index (χ1n) is 10.4. The van der Waals surface area contributed by atoms with Gasteiger partial charge in [0.25, 0.3) is 5.91 Å². The van der Waals surface area contributed by atoms with Crippen molar-refractivity contribution in [3.63, 3.8) is 0 Å². The van der Waals surface area contributed by atoms with Gasteiger partial charge in [-0.15, -0.1) is 0 Å². The van der Waals surface area contributed by atoms with Crippen LogP contribution in [0.15, 0.2) is 47.1 Å². The molecule has 2 fully saturated rings. The van der Waals surface area contributed by atoms with Gasteiger partial charge in [0, 0.05) is 24.8 Å². The first-order chi connectivity index (χ1) is 14.1. The van der Waals surface area contributed by atoms with Crippen LogP contribution in [-0.4, -0.2) is 53.5 Å². The van der Waals surface area contributed by atoms with Crippen molar-refractivity contribution in [2.75, 3.05) is 19.7 Å². The zero-order valence-corrected chi connectivity index (χ0v) is 16.9. The molecule has 6 nitrogen and oxygen atoms in total. The summed E-state index contributed by atoms with van der Waals surface area (Å²) in [6.07, 6.45) is 5.55. The molecular weight excluding hydrogens is 368 g/mol. The molecule has 1 aliphatic heterocycles. The van der Waals surface area contributed by atoms with Crippen LogP contribution < -0.4 is 0 Å². The molecule has 0 radical (unpaired) electrons. The Balaban J connectivity index is 1.49. The molecule has 6 heteroatoms. The number of carbonyl (C=O) groups excluding carboxylic acids is 2. The van der Waals surface area contributed by atoms with Crippen molar-refractivity contribution in [2.45, 2.75) is 51.3 Å². The third-order valence-electron chi connectivity index (χ3n) is 5.66. The Bertz CT molecular complexity index is 838. The monoisotopic (exact) mass is 396 g/mol. The van der Waals surface area contributed by atoms with Crippen LogP contribution in [0, 0.1) is 6.92 Å². The van der Waals surface area contributed by atoms with Crippen molar-refractivity contribution in [1.82, 2.24) is 9.80 Å². The zero-order chi connectivity index (χ0) is 20.2. The quantitative estimate of drug-likeness (QED) is 0.686. The smallest absolute Gasteiger partial charge is 0.254 e. The molecule has 1 aromatic heterocycles. The third-order valence-corrected chi connectivity index (χ3v) is 5.66. The summed E-state index contributed by atoms with van der Waals surface area (Å²) in [6.45, 7) is 3.68. The number of hydrogen-bond donors (Lipinski definition) is 0. The third kappa shape index (κ3) is 4.88. The topological polar surface area (TPSA) is 63.0 Å². The number of benzene rings is 1. The highest BCUT2D eigenvalue weighted by Gasteiger charge is 2.36. The number of ether oxygens (including phenoxy) is 1. The largest absolute Gasteiger partial charge is 0.467 e. The first kappa shape index (κ1) is 19.7. The number of hydrogen-bond acceptors (Lipinski definition) is 4. The van der Waals surface area contributed by atoms with E-state index >= 15 is 0 Å². The molecule has 0 N–H and O–H groups in total. The number of amides is 2. The Hall–Kier alpha value is -2.60. The maximum atomic E-state index is 13.3. The predicted molar refractivity (Wildman–Crippen MR) is 108 cm³/mol. The van der Waals surface area contributed by atoms with Gasteiger partial charge < -0.3 is 19.0 Å². The molecule has 1 aromatic carbocycles. The van der Waals surface area contributed by atoms with Gasteiger partial charge in [-0.1, -0.05) is 18.2 Å². The molecule has 0 spiro atoms. The summed E-state index contributed by atoms with van der Waals surface area (Å²) in [4.78, 5) is 30.0. The van der Waals surface area contributed by atoms with Gasteiger partial charge in [-0.3, -0.25) is 9.59 Å². The maximum absolute atomic E-state index is 13.3. The van der Waals surface area contributed by atoms with E-state index in [0.717, 1.165) is 43.6 Å². The van der Waals surface area contributed by atoms with Crippen LogP contribution in [0.3, 0.4) is 0 Å². The number of nitrogens with zero attached hydrogens (tertiary/aromatic N) is 2. The van der Waals surface area contributed by atoms with E-state index in [4.69, 9.17) is 9.15 Å². The zero-order valence-electron chi connectivity index (χ0n) is 16.9. The van der Waals surface area contributed by atoms with Crippen LogP contribution >= 0.6 is 0 Å². The van der Waals surface area contributed by atoms with Gasteiger partial charge in [0.1, 0.15) is 12.3 Å². The average molecular weight is 396 g/mol. The van der Waals surface area contributed by atoms with Gasteiger partial charge in [0.05, 0.1) is 18.9 Å². The molecule has 1 atom stereocenters. The van der Waals surface area contributed by atoms with E-state index in [1.807, 2.05) is 43.3 Å². The van der Waals surface area contributed by atoms with E-state index in [1.165, 1.54) is 0 Å². The summed E-state index contributed by atoms with van der Waals surface area (Å²) >= 11 is 0. The highest BCUT2D eigenvalue weighted by molar-refractivity contribution is 5.98. The Labute approximate surface area is 171 Å². The summed E-state index contributed by atoms with van der Waals surface area (Å²) in [5.74, 6) is 0.610. The summed E-state index contributed by atoms with van der Waals surface area (Å²) in [5, 5.41) is 0. The average Bonchev–Trinajstić information content (AvgIpc) is 3.18. The summed E-state index contributed by atoms with van der Waals surface area (Å²) in [7, 11) is 0. The van der Waals surface area contributed by atoms with Gasteiger partial charge in [-0.25, -0.2) is 0 Å². The Morgan fingerprint density at radius 3 is 2.59 bits per heavy atom. The molecule has 29 heavy (non-hydrogen) atoms. The van der Waals surface area contributed by atoms with Crippen molar-refractivity contribution < 1.29 is 18.7 Å². The molecule has 2 aromatic rings. The van der Waals surface area contributed by atoms with Crippen LogP contribution in [0.2, 0.25) is 0 Å². The Morgan fingerprint density at radius 2 is 1.93 bits per heavy atom. The molecule has 1 aliphatic carbocycles. The number of carbonyl (C=O) groups is 2. The summed E-state index contributed by atoms with van der Waals surface area (Å²) in [5.41, 5.74) is 1.60. The van der Waals surface area contributed by atoms with Crippen molar-refractivity contribution in [3.8, 4) is 0 Å². The van der Waals surface area contributed by atoms with Crippen molar-refractivity contribution in [1.29, 1.82) is 0 Å². The van der Waals surface area contributed by atoms with E-state index < -0.39 is 0 Å². The van der Waals surface area contributed by atoms with E-state index in [0.29, 0.717) is 18.7 Å². The van der Waals surface area contributed by atoms with Crippen LogP contribution in [0.1, 0.15) is 47.4 Å². The summed E-state index contributed by atoms with van der Waals surface area (Å²) < 4.78 is 11.2. The number of rotatable bonds is 8. The van der Waals surface area contributed by atoms with Crippen LogP contribution in [0.5, 0.6) is 0 Å². The standard InChI is InChI=1S/C23H28N2O4/c1-17-6-2-3-9-21(17)23(27)25(18-10-11-18)16-22(26)24(14-19-7-4-12-28-19)15-20-8-5-13-29-20/h2-4,6-7,9,12,18,20H,5,8,10-11,13-16H2,1H3/t20-/m1/s1. The minimum Gasteiger partial charge on any atom is -0.467 e. The molecule has 0 unspecified atom stereocenters. The Morgan fingerprint density at radius 1 is 1.10 bits per heavy atom. The lowest BCUT2D eigenvalue weighted by atomic mass is 10.1. The Kier molecular flexibility index (Phi) is 6.00. The van der Waals surface area contributed by atoms with Crippen molar-refractivity contribution >= 4 is 11.8 Å². The predicted octanol–water partition coefficient (Wildman–Crippen LogP) is 3.40. The van der Waals surface area contributed by atoms with Gasteiger partial charge in [0.2, 0.25) is 5.91 Å². The fraction of sp³-hybridized carbons (Fsp3) is 0.478. The van der Waals surface area contributed by atoms with E-state index in [-0.39, 0.29) is 30.5 Å². The number of aryl methyl sites for hydroxylation is 1. The molecule has 154 valence electrons. The number of furan rings is 1. The molecule has 2 amide bonds.